The van der Waals surface area contributed by atoms with Crippen molar-refractivity contribution >= 4 is 27.8 Å². The lowest BCUT2D eigenvalue weighted by Gasteiger charge is -2.32. The second kappa shape index (κ2) is 14.4. The smallest absolute Gasteiger partial charge is 0.135 e. The number of hydrogen-bond donors (Lipinski definition) is 0. The number of hydrogen-bond acceptors (Lipinski definition) is 2. The fraction of sp³-hybridized carbons (Fsp3) is 0.0333. The highest BCUT2D eigenvalue weighted by Crippen LogP contribution is 2.55. The predicted molar refractivity (Wildman–Crippen MR) is 258 cm³/mol. The fourth-order valence-corrected chi connectivity index (χ4v) is 10.1. The molecule has 0 fully saturated rings. The lowest BCUT2D eigenvalue weighted by molar-refractivity contribution is 0.487. The maximum atomic E-state index is 6.44. The van der Waals surface area contributed by atoms with Gasteiger partial charge in [0.1, 0.15) is 11.5 Å². The molecule has 1 unspecified atom stereocenters. The van der Waals surface area contributed by atoms with Crippen molar-refractivity contribution in [2.24, 2.45) is 0 Å². The summed E-state index contributed by atoms with van der Waals surface area (Å²) in [5.74, 6) is 1.78. The van der Waals surface area contributed by atoms with Crippen LogP contribution in [0.4, 0.5) is 17.1 Å². The van der Waals surface area contributed by atoms with Gasteiger partial charge in [-0.1, -0.05) is 176 Å². The number of para-hydroxylation sites is 2. The molecule has 1 aliphatic carbocycles. The van der Waals surface area contributed by atoms with Crippen LogP contribution >= 0.6 is 0 Å². The van der Waals surface area contributed by atoms with Crippen molar-refractivity contribution in [3.63, 3.8) is 0 Å². The van der Waals surface area contributed by atoms with Crippen LogP contribution in [-0.2, 0) is 5.41 Å². The zero-order chi connectivity index (χ0) is 41.2. The topological polar surface area (TPSA) is 12.5 Å². The van der Waals surface area contributed by atoms with Crippen molar-refractivity contribution in [3.8, 4) is 67.1 Å². The minimum atomic E-state index is -0.335. The molecule has 2 heteroatoms. The average molecular weight is 792 g/mol. The molecular formula is C60H41NO. The van der Waals surface area contributed by atoms with E-state index >= 15 is 0 Å². The molecule has 10 aromatic carbocycles. The molecule has 10 aromatic rings. The van der Waals surface area contributed by atoms with Crippen molar-refractivity contribution in [3.05, 3.63) is 247 Å². The Morgan fingerprint density at radius 3 is 1.68 bits per heavy atom. The Labute approximate surface area is 362 Å². The molecule has 0 radical (unpaired) electrons. The second-order valence-electron chi connectivity index (χ2n) is 16.6. The van der Waals surface area contributed by atoms with Gasteiger partial charge in [-0.3, -0.25) is 0 Å². The first-order chi connectivity index (χ1) is 30.6. The Balaban J connectivity index is 1.04. The molecule has 2 nitrogen and oxygen atoms in total. The summed E-state index contributed by atoms with van der Waals surface area (Å²) in [6.45, 7) is 2.39. The van der Waals surface area contributed by atoms with E-state index in [2.05, 4.69) is 236 Å². The number of anilines is 3. The second-order valence-corrected chi connectivity index (χ2v) is 16.6. The number of ether oxygens (including phenoxy) is 1. The number of benzene rings is 10. The summed E-state index contributed by atoms with van der Waals surface area (Å²) < 4.78 is 6.44. The molecule has 1 heterocycles. The zero-order valence-corrected chi connectivity index (χ0v) is 34.3. The third-order valence-corrected chi connectivity index (χ3v) is 13.1. The van der Waals surface area contributed by atoms with Gasteiger partial charge in [-0.15, -0.1) is 0 Å². The van der Waals surface area contributed by atoms with Crippen LogP contribution in [0.3, 0.4) is 0 Å². The van der Waals surface area contributed by atoms with E-state index in [0.29, 0.717) is 0 Å². The molecule has 292 valence electrons. The summed E-state index contributed by atoms with van der Waals surface area (Å²) in [6, 6.07) is 83.9. The molecule has 1 aliphatic heterocycles. The minimum Gasteiger partial charge on any atom is -0.456 e. The lowest BCUT2D eigenvalue weighted by Crippen LogP contribution is -2.22. The number of nitrogens with zero attached hydrogens (tertiary/aromatic N) is 1. The Hall–Kier alpha value is -7.94. The summed E-state index contributed by atoms with van der Waals surface area (Å²) in [7, 11) is 0. The van der Waals surface area contributed by atoms with E-state index in [1.165, 1.54) is 55.6 Å². The van der Waals surface area contributed by atoms with Crippen LogP contribution < -0.4 is 9.64 Å². The lowest BCUT2D eigenvalue weighted by atomic mass is 9.74. The Morgan fingerprint density at radius 1 is 0.355 bits per heavy atom. The quantitative estimate of drug-likeness (QED) is 0.159. The van der Waals surface area contributed by atoms with Crippen LogP contribution in [0.25, 0.3) is 66.4 Å². The summed E-state index contributed by atoms with van der Waals surface area (Å²) in [4.78, 5) is 2.45. The first-order valence-corrected chi connectivity index (χ1v) is 21.4. The molecule has 0 saturated heterocycles. The Morgan fingerprint density at radius 2 is 0.919 bits per heavy atom. The van der Waals surface area contributed by atoms with Crippen molar-refractivity contribution in [1.29, 1.82) is 0 Å². The Bertz CT molecular complexity index is 3320. The van der Waals surface area contributed by atoms with Crippen LogP contribution in [0.5, 0.6) is 11.5 Å². The van der Waals surface area contributed by atoms with E-state index < -0.39 is 0 Å². The highest BCUT2D eigenvalue weighted by Gasteiger charge is 2.41. The molecule has 0 saturated carbocycles. The third kappa shape index (κ3) is 5.72. The molecule has 0 bridgehead atoms. The normalized spacial score (nSPS) is 14.4. The van der Waals surface area contributed by atoms with Gasteiger partial charge in [0.15, 0.2) is 0 Å². The fourth-order valence-electron chi connectivity index (χ4n) is 10.1. The van der Waals surface area contributed by atoms with Crippen LogP contribution in [0.2, 0.25) is 0 Å². The standard InChI is InChI=1S/C60H41NO/c1-60(46-18-6-3-7-19-46)54-23-11-8-21-50(54)51-36-35-48(39-55(51)60)61(47-33-31-43(32-34-47)42-29-27-41(28-30-42)40-15-4-2-5-16-40)56-24-12-9-20-49(56)45-37-44-17-14-26-58-59(44)53(38-45)52-22-10-13-25-57(52)62-58/h2-39H,1H3. The van der Waals surface area contributed by atoms with E-state index in [1.54, 1.807) is 0 Å². The molecule has 0 N–H and O–H groups in total. The van der Waals surface area contributed by atoms with Gasteiger partial charge in [0.2, 0.25) is 0 Å². The largest absolute Gasteiger partial charge is 0.456 e. The van der Waals surface area contributed by atoms with Crippen LogP contribution in [0.1, 0.15) is 23.6 Å². The van der Waals surface area contributed by atoms with Crippen molar-refractivity contribution in [2.45, 2.75) is 12.3 Å². The van der Waals surface area contributed by atoms with Gasteiger partial charge in [-0.05, 0) is 128 Å². The molecule has 2 aliphatic rings. The molecular weight excluding hydrogens is 751 g/mol. The van der Waals surface area contributed by atoms with Crippen LogP contribution in [-0.4, -0.2) is 0 Å². The van der Waals surface area contributed by atoms with Crippen molar-refractivity contribution < 1.29 is 4.74 Å². The molecule has 0 spiro atoms. The van der Waals surface area contributed by atoms with Gasteiger partial charge in [0, 0.05) is 33.3 Å². The zero-order valence-electron chi connectivity index (χ0n) is 34.3. The monoisotopic (exact) mass is 791 g/mol. The molecule has 0 amide bonds. The van der Waals surface area contributed by atoms with E-state index in [-0.39, 0.29) is 5.41 Å². The van der Waals surface area contributed by atoms with E-state index in [0.717, 1.165) is 56.0 Å². The number of fused-ring (bicyclic) bond motifs is 5. The van der Waals surface area contributed by atoms with Gasteiger partial charge in [-0.2, -0.15) is 0 Å². The SMILES string of the molecule is CC1(c2ccccc2)c2ccccc2-c2ccc(N(c3ccc(-c4ccc(-c5ccccc5)cc4)cc3)c3ccccc3-c3cc4c5c(cccc5c3)Oc3ccccc3-4)cc21. The maximum Gasteiger partial charge on any atom is 0.135 e. The highest BCUT2D eigenvalue weighted by atomic mass is 16.5. The van der Waals surface area contributed by atoms with Crippen molar-refractivity contribution in [1.82, 2.24) is 0 Å². The Kier molecular flexibility index (Phi) is 8.33. The molecule has 62 heavy (non-hydrogen) atoms. The van der Waals surface area contributed by atoms with Gasteiger partial charge in [0.05, 0.1) is 5.69 Å². The summed E-state index contributed by atoms with van der Waals surface area (Å²) >= 11 is 0. The summed E-state index contributed by atoms with van der Waals surface area (Å²) in [5.41, 5.74) is 18.9. The summed E-state index contributed by atoms with van der Waals surface area (Å²) in [5, 5.41) is 2.30. The van der Waals surface area contributed by atoms with Gasteiger partial charge < -0.3 is 9.64 Å². The minimum absolute atomic E-state index is 0.335. The predicted octanol–water partition coefficient (Wildman–Crippen LogP) is 16.4. The first-order valence-electron chi connectivity index (χ1n) is 21.4. The summed E-state index contributed by atoms with van der Waals surface area (Å²) in [6.07, 6.45) is 0. The van der Waals surface area contributed by atoms with E-state index in [1.807, 2.05) is 6.07 Å². The first kappa shape index (κ1) is 36.0. The molecule has 0 aromatic heterocycles. The highest BCUT2D eigenvalue weighted by molar-refractivity contribution is 6.07. The third-order valence-electron chi connectivity index (χ3n) is 13.1. The average Bonchev–Trinajstić information content (AvgIpc) is 3.60. The van der Waals surface area contributed by atoms with Gasteiger partial charge in [-0.25, -0.2) is 0 Å². The van der Waals surface area contributed by atoms with Gasteiger partial charge >= 0.3 is 0 Å². The molecule has 12 rings (SSSR count). The van der Waals surface area contributed by atoms with Crippen molar-refractivity contribution in [2.75, 3.05) is 4.90 Å². The van der Waals surface area contributed by atoms with E-state index in [4.69, 9.17) is 4.74 Å². The van der Waals surface area contributed by atoms with Crippen LogP contribution in [0.15, 0.2) is 231 Å². The van der Waals surface area contributed by atoms with E-state index in [9.17, 15) is 0 Å². The number of rotatable bonds is 7. The van der Waals surface area contributed by atoms with Gasteiger partial charge in [0.25, 0.3) is 0 Å². The molecule has 1 atom stereocenters. The van der Waals surface area contributed by atoms with Crippen LogP contribution in [0, 0.1) is 0 Å². The maximum absolute atomic E-state index is 6.44.